The van der Waals surface area contributed by atoms with E-state index in [1.807, 2.05) is 18.2 Å². The second-order valence-electron chi connectivity index (χ2n) is 4.44. The topological polar surface area (TPSA) is 45.5 Å². The highest BCUT2D eigenvalue weighted by molar-refractivity contribution is 8.26. The molecule has 2 aromatic rings. The molecule has 1 fully saturated rings. The number of nitrogens with zero attached hydrogens (tertiary/aromatic N) is 1. The molecule has 112 valence electrons. The molecule has 1 amide bonds. The van der Waals surface area contributed by atoms with Crippen LogP contribution >= 0.6 is 35.6 Å². The molecule has 1 aromatic carbocycles. The van der Waals surface area contributed by atoms with E-state index in [4.69, 9.17) is 28.2 Å². The van der Waals surface area contributed by atoms with E-state index in [9.17, 15) is 4.79 Å². The molecule has 7 heteroatoms. The summed E-state index contributed by atoms with van der Waals surface area (Å²) in [5.74, 6) is 0.477. The smallest absolute Gasteiger partial charge is 0.267 e. The molecule has 1 saturated heterocycles. The van der Waals surface area contributed by atoms with E-state index in [1.54, 1.807) is 30.5 Å². The summed E-state index contributed by atoms with van der Waals surface area (Å²) < 4.78 is 5.72. The fraction of sp³-hybridized carbons (Fsp3) is 0.0667. The Morgan fingerprint density at radius 3 is 2.86 bits per heavy atom. The van der Waals surface area contributed by atoms with Crippen molar-refractivity contribution in [1.82, 2.24) is 4.90 Å². The Morgan fingerprint density at radius 2 is 2.14 bits per heavy atom. The molecule has 0 bridgehead atoms. The lowest BCUT2D eigenvalue weighted by atomic mass is 10.3. The van der Waals surface area contributed by atoms with Crippen molar-refractivity contribution in [2.45, 2.75) is 0 Å². The van der Waals surface area contributed by atoms with Crippen LogP contribution in [0.2, 0.25) is 5.02 Å². The number of hydrogen-bond donors (Lipinski definition) is 1. The van der Waals surface area contributed by atoms with Gasteiger partial charge in [-0.05, 0) is 24.3 Å². The fourth-order valence-corrected chi connectivity index (χ4v) is 3.35. The third-order valence-corrected chi connectivity index (χ3v) is 4.70. The average molecular weight is 351 g/mol. The minimum absolute atomic E-state index is 0.147. The molecule has 4 nitrogen and oxygen atoms in total. The van der Waals surface area contributed by atoms with Gasteiger partial charge in [0.1, 0.15) is 10.1 Å². The van der Waals surface area contributed by atoms with Crippen LogP contribution in [0.3, 0.4) is 0 Å². The molecule has 0 atom stereocenters. The molecule has 1 aliphatic rings. The van der Waals surface area contributed by atoms with Crippen LogP contribution in [0.4, 0.5) is 5.69 Å². The summed E-state index contributed by atoms with van der Waals surface area (Å²) in [6.45, 7) is 0.268. The van der Waals surface area contributed by atoms with Crippen LogP contribution in [0, 0.1) is 0 Å². The maximum atomic E-state index is 12.4. The highest BCUT2D eigenvalue weighted by Crippen LogP contribution is 2.32. The van der Waals surface area contributed by atoms with Gasteiger partial charge in [-0.3, -0.25) is 9.69 Å². The number of thiocarbonyl (C=S) groups is 1. The third kappa shape index (κ3) is 3.19. The van der Waals surface area contributed by atoms with E-state index >= 15 is 0 Å². The Hall–Kier alpha value is -1.76. The molecule has 0 radical (unpaired) electrons. The van der Waals surface area contributed by atoms with E-state index in [-0.39, 0.29) is 12.6 Å². The third-order valence-electron chi connectivity index (χ3n) is 2.99. The van der Waals surface area contributed by atoms with Gasteiger partial charge in [-0.1, -0.05) is 47.7 Å². The summed E-state index contributed by atoms with van der Waals surface area (Å²) in [6, 6.07) is 10.9. The average Bonchev–Trinajstić information content (AvgIpc) is 3.09. The molecule has 1 aromatic heterocycles. The number of anilines is 1. The van der Waals surface area contributed by atoms with Crippen molar-refractivity contribution < 1.29 is 9.21 Å². The second-order valence-corrected chi connectivity index (χ2v) is 6.52. The summed E-state index contributed by atoms with van der Waals surface area (Å²) in [7, 11) is 0. The summed E-state index contributed by atoms with van der Waals surface area (Å²) in [4.78, 5) is 14.4. The number of amides is 1. The number of benzene rings is 1. The van der Waals surface area contributed by atoms with Gasteiger partial charge in [0, 0.05) is 6.08 Å². The van der Waals surface area contributed by atoms with E-state index in [0.29, 0.717) is 20.0 Å². The van der Waals surface area contributed by atoms with Crippen molar-refractivity contribution in [2.24, 2.45) is 0 Å². The molecule has 1 aliphatic heterocycles. The summed E-state index contributed by atoms with van der Waals surface area (Å²) in [5.41, 5.74) is 0.758. The Labute approximate surface area is 142 Å². The van der Waals surface area contributed by atoms with Crippen molar-refractivity contribution in [3.8, 4) is 0 Å². The van der Waals surface area contributed by atoms with Crippen LogP contribution in [0.1, 0.15) is 5.76 Å². The zero-order valence-electron chi connectivity index (χ0n) is 11.3. The first-order valence-corrected chi connectivity index (χ1v) is 8.03. The fourth-order valence-electron chi connectivity index (χ4n) is 1.91. The number of furan rings is 1. The highest BCUT2D eigenvalue weighted by atomic mass is 35.5. The Morgan fingerprint density at radius 1 is 1.32 bits per heavy atom. The Kier molecular flexibility index (Phi) is 4.52. The molecule has 0 aliphatic carbocycles. The molecule has 1 N–H and O–H groups in total. The largest absolute Gasteiger partial charge is 0.465 e. The standard InChI is InChI=1S/C15H11ClN2O2S2/c16-11-5-1-2-6-12(11)17-9-18-14(19)13(22-15(18)21)8-10-4-3-7-20-10/h1-8,17H,9H2/b13-8-. The van der Waals surface area contributed by atoms with Gasteiger partial charge in [-0.2, -0.15) is 0 Å². The van der Waals surface area contributed by atoms with Gasteiger partial charge in [-0.25, -0.2) is 0 Å². The van der Waals surface area contributed by atoms with Crippen LogP contribution in [-0.2, 0) is 4.79 Å². The van der Waals surface area contributed by atoms with Crippen LogP contribution in [0.25, 0.3) is 6.08 Å². The summed E-state index contributed by atoms with van der Waals surface area (Å²) >= 11 is 12.6. The first kappa shape index (κ1) is 15.1. The van der Waals surface area contributed by atoms with Gasteiger partial charge in [0.25, 0.3) is 5.91 Å². The maximum Gasteiger partial charge on any atom is 0.267 e. The van der Waals surface area contributed by atoms with Crippen LogP contribution < -0.4 is 5.32 Å². The van der Waals surface area contributed by atoms with E-state index in [0.717, 1.165) is 5.69 Å². The van der Waals surface area contributed by atoms with E-state index in [1.165, 1.54) is 16.7 Å². The molecule has 3 rings (SSSR count). The lowest BCUT2D eigenvalue weighted by Crippen LogP contribution is -2.33. The molecule has 2 heterocycles. The molecule has 0 saturated carbocycles. The quantitative estimate of drug-likeness (QED) is 0.661. The van der Waals surface area contributed by atoms with E-state index in [2.05, 4.69) is 5.32 Å². The minimum atomic E-state index is -0.147. The van der Waals surface area contributed by atoms with Crippen molar-refractivity contribution >= 4 is 57.6 Å². The molecular weight excluding hydrogens is 340 g/mol. The van der Waals surface area contributed by atoms with Crippen molar-refractivity contribution in [2.75, 3.05) is 12.0 Å². The Balaban J connectivity index is 1.71. The van der Waals surface area contributed by atoms with Crippen molar-refractivity contribution in [3.05, 3.63) is 58.3 Å². The van der Waals surface area contributed by atoms with Gasteiger partial charge in [0.15, 0.2) is 0 Å². The lowest BCUT2D eigenvalue weighted by Gasteiger charge is -2.16. The first-order valence-electron chi connectivity index (χ1n) is 6.42. The van der Waals surface area contributed by atoms with Crippen LogP contribution in [0.15, 0.2) is 52.0 Å². The number of carbonyl (C=O) groups excluding carboxylic acids is 1. The molecule has 22 heavy (non-hydrogen) atoms. The zero-order chi connectivity index (χ0) is 15.5. The van der Waals surface area contributed by atoms with Crippen molar-refractivity contribution in [1.29, 1.82) is 0 Å². The van der Waals surface area contributed by atoms with Crippen LogP contribution in [-0.4, -0.2) is 21.8 Å². The first-order chi connectivity index (χ1) is 10.6. The van der Waals surface area contributed by atoms with E-state index < -0.39 is 0 Å². The normalized spacial score (nSPS) is 16.6. The summed E-state index contributed by atoms with van der Waals surface area (Å²) in [5, 5.41) is 3.71. The van der Waals surface area contributed by atoms with Gasteiger partial charge >= 0.3 is 0 Å². The highest BCUT2D eigenvalue weighted by Gasteiger charge is 2.32. The number of rotatable bonds is 4. The summed E-state index contributed by atoms with van der Waals surface area (Å²) in [6.07, 6.45) is 3.25. The number of para-hydroxylation sites is 1. The molecule has 0 spiro atoms. The molecule has 0 unspecified atom stereocenters. The van der Waals surface area contributed by atoms with Crippen LogP contribution in [0.5, 0.6) is 0 Å². The number of carbonyl (C=O) groups is 1. The Bertz CT molecular complexity index is 744. The number of thioether (sulfide) groups is 1. The lowest BCUT2D eigenvalue weighted by molar-refractivity contribution is -0.121. The predicted octanol–water partition coefficient (Wildman–Crippen LogP) is 4.20. The van der Waals surface area contributed by atoms with Gasteiger partial charge in [0.2, 0.25) is 0 Å². The number of nitrogens with one attached hydrogen (secondary N) is 1. The number of hydrogen-bond acceptors (Lipinski definition) is 5. The van der Waals surface area contributed by atoms with Crippen molar-refractivity contribution in [3.63, 3.8) is 0 Å². The van der Waals surface area contributed by atoms with Gasteiger partial charge in [0.05, 0.1) is 28.5 Å². The number of halogens is 1. The van der Waals surface area contributed by atoms with Gasteiger partial charge in [-0.15, -0.1) is 0 Å². The monoisotopic (exact) mass is 350 g/mol. The van der Waals surface area contributed by atoms with Gasteiger partial charge < -0.3 is 9.73 Å². The SMILES string of the molecule is O=C1/C(=C/c2ccco2)SC(=S)N1CNc1ccccc1Cl. The predicted molar refractivity (Wildman–Crippen MR) is 93.7 cm³/mol. The minimum Gasteiger partial charge on any atom is -0.465 e. The maximum absolute atomic E-state index is 12.4. The zero-order valence-corrected chi connectivity index (χ0v) is 13.7. The second kappa shape index (κ2) is 6.56. The molecular formula is C15H11ClN2O2S2.